The lowest BCUT2D eigenvalue weighted by atomic mass is 9.96. The van der Waals surface area contributed by atoms with Gasteiger partial charge in [0.25, 0.3) is 0 Å². The molecule has 0 bridgehead atoms. The maximum absolute atomic E-state index is 3.64. The van der Waals surface area contributed by atoms with Crippen molar-refractivity contribution in [2.75, 3.05) is 33.2 Å². The van der Waals surface area contributed by atoms with E-state index in [1.165, 1.54) is 38.9 Å². The zero-order valence-corrected chi connectivity index (χ0v) is 12.7. The molecular weight excluding hydrogens is 222 g/mol. The molecule has 3 unspecified atom stereocenters. The molecule has 0 saturated carbocycles. The number of rotatable bonds is 3. The maximum Gasteiger partial charge on any atom is 0.0245 e. The Labute approximate surface area is 113 Å². The third-order valence-corrected chi connectivity index (χ3v) is 4.79. The third kappa shape index (κ3) is 3.46. The zero-order chi connectivity index (χ0) is 13.1. The van der Waals surface area contributed by atoms with Crippen molar-refractivity contribution < 1.29 is 0 Å². The number of hydrogen-bond acceptors (Lipinski definition) is 3. The van der Waals surface area contributed by atoms with E-state index in [1.807, 2.05) is 0 Å². The Balaban J connectivity index is 1.95. The van der Waals surface area contributed by atoms with Crippen LogP contribution in [-0.2, 0) is 0 Å². The van der Waals surface area contributed by atoms with Crippen LogP contribution < -0.4 is 5.32 Å². The van der Waals surface area contributed by atoms with Crippen LogP contribution in [0.2, 0.25) is 0 Å². The van der Waals surface area contributed by atoms with Crippen LogP contribution in [0, 0.1) is 5.92 Å². The van der Waals surface area contributed by atoms with E-state index in [9.17, 15) is 0 Å². The fraction of sp³-hybridized carbons (Fsp3) is 1.00. The summed E-state index contributed by atoms with van der Waals surface area (Å²) in [7, 11) is 2.31. The molecule has 0 radical (unpaired) electrons. The number of piperazine rings is 1. The largest absolute Gasteiger partial charge is 0.311 e. The molecule has 18 heavy (non-hydrogen) atoms. The summed E-state index contributed by atoms with van der Waals surface area (Å²) in [6.45, 7) is 12.0. The highest BCUT2D eigenvalue weighted by Crippen LogP contribution is 2.21. The van der Waals surface area contributed by atoms with E-state index < -0.39 is 0 Å². The number of likely N-dealkylation sites (tertiary alicyclic amines) is 1. The van der Waals surface area contributed by atoms with Gasteiger partial charge in [0.1, 0.15) is 0 Å². The molecule has 2 aliphatic heterocycles. The molecule has 0 spiro atoms. The third-order valence-electron chi connectivity index (χ3n) is 4.79. The summed E-state index contributed by atoms with van der Waals surface area (Å²) in [4.78, 5) is 5.33. The fourth-order valence-corrected chi connectivity index (χ4v) is 3.52. The Morgan fingerprint density at radius 3 is 2.72 bits per heavy atom. The molecule has 0 aromatic rings. The predicted molar refractivity (Wildman–Crippen MR) is 77.9 cm³/mol. The van der Waals surface area contributed by atoms with Crippen LogP contribution in [0.1, 0.15) is 40.0 Å². The van der Waals surface area contributed by atoms with Crippen molar-refractivity contribution in [2.24, 2.45) is 5.92 Å². The molecule has 3 atom stereocenters. The number of piperidine rings is 1. The molecule has 2 aliphatic rings. The molecule has 2 heterocycles. The van der Waals surface area contributed by atoms with Crippen molar-refractivity contribution in [2.45, 2.75) is 58.2 Å². The second kappa shape index (κ2) is 6.36. The quantitative estimate of drug-likeness (QED) is 0.827. The van der Waals surface area contributed by atoms with E-state index in [2.05, 4.69) is 42.9 Å². The first-order valence-electron chi connectivity index (χ1n) is 7.75. The van der Waals surface area contributed by atoms with Gasteiger partial charge in [-0.1, -0.05) is 20.3 Å². The van der Waals surface area contributed by atoms with Gasteiger partial charge in [-0.25, -0.2) is 0 Å². The van der Waals surface area contributed by atoms with Gasteiger partial charge in [0.05, 0.1) is 0 Å². The molecule has 3 nitrogen and oxygen atoms in total. The molecule has 0 aromatic carbocycles. The van der Waals surface area contributed by atoms with Gasteiger partial charge in [-0.2, -0.15) is 0 Å². The Bertz CT molecular complexity index is 254. The lowest BCUT2D eigenvalue weighted by Crippen LogP contribution is -2.60. The van der Waals surface area contributed by atoms with Crippen molar-refractivity contribution in [1.82, 2.24) is 15.1 Å². The summed E-state index contributed by atoms with van der Waals surface area (Å²) in [5.74, 6) is 0.749. The Kier molecular flexibility index (Phi) is 5.05. The smallest absolute Gasteiger partial charge is 0.0245 e. The first-order chi connectivity index (χ1) is 8.58. The highest BCUT2D eigenvalue weighted by Gasteiger charge is 2.31. The van der Waals surface area contributed by atoms with Crippen LogP contribution in [0.25, 0.3) is 0 Å². The number of likely N-dealkylation sites (N-methyl/N-ethyl adjacent to an activating group) is 1. The number of nitrogens with zero attached hydrogens (tertiary/aromatic N) is 2. The minimum atomic E-state index is 0.647. The summed E-state index contributed by atoms with van der Waals surface area (Å²) < 4.78 is 0. The lowest BCUT2D eigenvalue weighted by Gasteiger charge is -2.45. The van der Waals surface area contributed by atoms with Gasteiger partial charge >= 0.3 is 0 Å². The van der Waals surface area contributed by atoms with Crippen LogP contribution in [0.5, 0.6) is 0 Å². The summed E-state index contributed by atoms with van der Waals surface area (Å²) >= 11 is 0. The average molecular weight is 253 g/mol. The van der Waals surface area contributed by atoms with Crippen LogP contribution in [-0.4, -0.2) is 61.2 Å². The fourth-order valence-electron chi connectivity index (χ4n) is 3.52. The van der Waals surface area contributed by atoms with Crippen LogP contribution in [0.3, 0.4) is 0 Å². The van der Waals surface area contributed by atoms with Crippen molar-refractivity contribution in [3.8, 4) is 0 Å². The Morgan fingerprint density at radius 1 is 1.28 bits per heavy atom. The van der Waals surface area contributed by atoms with Crippen molar-refractivity contribution in [3.05, 3.63) is 0 Å². The molecule has 1 N–H and O–H groups in total. The van der Waals surface area contributed by atoms with Gasteiger partial charge < -0.3 is 10.2 Å². The lowest BCUT2D eigenvalue weighted by molar-refractivity contribution is 0.0570. The van der Waals surface area contributed by atoms with Crippen LogP contribution in [0.4, 0.5) is 0 Å². The highest BCUT2D eigenvalue weighted by molar-refractivity contribution is 4.89. The van der Waals surface area contributed by atoms with Gasteiger partial charge in [-0.3, -0.25) is 4.90 Å². The highest BCUT2D eigenvalue weighted by atomic mass is 15.3. The van der Waals surface area contributed by atoms with E-state index in [1.54, 1.807) is 0 Å². The van der Waals surface area contributed by atoms with Crippen molar-refractivity contribution in [1.29, 1.82) is 0 Å². The summed E-state index contributed by atoms with van der Waals surface area (Å²) in [5, 5.41) is 3.64. The second-order valence-electron chi connectivity index (χ2n) is 6.70. The van der Waals surface area contributed by atoms with E-state index in [0.29, 0.717) is 6.04 Å². The van der Waals surface area contributed by atoms with Gasteiger partial charge in [-0.05, 0) is 39.3 Å². The minimum Gasteiger partial charge on any atom is -0.311 e. The van der Waals surface area contributed by atoms with E-state index in [-0.39, 0.29) is 0 Å². The molecular formula is C15H31N3. The van der Waals surface area contributed by atoms with Gasteiger partial charge in [0.15, 0.2) is 0 Å². The first-order valence-corrected chi connectivity index (χ1v) is 7.75. The SMILES string of the molecule is CC1CN(CC2CCCCN2C)C(C(C)C)CN1. The molecule has 2 fully saturated rings. The minimum absolute atomic E-state index is 0.647. The molecule has 0 aliphatic carbocycles. The monoisotopic (exact) mass is 253 g/mol. The van der Waals surface area contributed by atoms with Crippen LogP contribution in [0.15, 0.2) is 0 Å². The number of hydrogen-bond donors (Lipinski definition) is 1. The Morgan fingerprint density at radius 2 is 2.06 bits per heavy atom. The summed E-state index contributed by atoms with van der Waals surface area (Å²) in [6, 6.07) is 2.15. The van der Waals surface area contributed by atoms with E-state index in [0.717, 1.165) is 24.5 Å². The van der Waals surface area contributed by atoms with Crippen molar-refractivity contribution in [3.63, 3.8) is 0 Å². The molecule has 3 heteroatoms. The molecule has 0 aromatic heterocycles. The summed E-state index contributed by atoms with van der Waals surface area (Å²) in [6.07, 6.45) is 4.20. The van der Waals surface area contributed by atoms with Gasteiger partial charge in [0.2, 0.25) is 0 Å². The maximum atomic E-state index is 3.64. The number of nitrogens with one attached hydrogen (secondary N) is 1. The van der Waals surface area contributed by atoms with Crippen LogP contribution >= 0.6 is 0 Å². The van der Waals surface area contributed by atoms with E-state index >= 15 is 0 Å². The molecule has 2 rings (SSSR count). The van der Waals surface area contributed by atoms with Crippen molar-refractivity contribution >= 4 is 0 Å². The van der Waals surface area contributed by atoms with Gasteiger partial charge in [0, 0.05) is 37.8 Å². The van der Waals surface area contributed by atoms with Gasteiger partial charge in [-0.15, -0.1) is 0 Å². The summed E-state index contributed by atoms with van der Waals surface area (Å²) in [5.41, 5.74) is 0. The van der Waals surface area contributed by atoms with E-state index in [4.69, 9.17) is 0 Å². The molecule has 106 valence electrons. The topological polar surface area (TPSA) is 18.5 Å². The molecule has 0 amide bonds. The average Bonchev–Trinajstić information content (AvgIpc) is 2.32. The Hall–Kier alpha value is -0.120. The molecule has 2 saturated heterocycles. The first kappa shape index (κ1) is 14.3. The standard InChI is InChI=1S/C15H31N3/c1-12(2)15-9-16-13(3)10-18(15)11-14-7-5-6-8-17(14)4/h12-16H,5-11H2,1-4H3. The normalized spacial score (nSPS) is 36.2. The second-order valence-corrected chi connectivity index (χ2v) is 6.70. The zero-order valence-electron chi connectivity index (χ0n) is 12.7. The predicted octanol–water partition coefficient (Wildman–Crippen LogP) is 1.79.